The van der Waals surface area contributed by atoms with E-state index in [4.69, 9.17) is 16.3 Å². The van der Waals surface area contributed by atoms with E-state index in [2.05, 4.69) is 5.32 Å². The zero-order chi connectivity index (χ0) is 19.6. The number of carbonyl (C=O) groups excluding carboxylic acids is 1. The summed E-state index contributed by atoms with van der Waals surface area (Å²) in [6.07, 6.45) is 0. The molecule has 27 heavy (non-hydrogen) atoms. The van der Waals surface area contributed by atoms with Crippen LogP contribution in [0.5, 0.6) is 0 Å². The lowest BCUT2D eigenvalue weighted by Gasteiger charge is -2.26. The molecule has 1 aliphatic rings. The van der Waals surface area contributed by atoms with Gasteiger partial charge in [-0.1, -0.05) is 17.7 Å². The minimum atomic E-state index is -3.91. The van der Waals surface area contributed by atoms with E-state index < -0.39 is 33.1 Å². The number of amides is 1. The highest BCUT2D eigenvalue weighted by Gasteiger charge is 2.29. The molecular formula is C17H15ClF2N2O4S. The molecule has 1 amide bonds. The number of anilines is 1. The van der Waals surface area contributed by atoms with Gasteiger partial charge in [-0.05, 0) is 30.3 Å². The maximum atomic E-state index is 13.7. The molecule has 2 aromatic carbocycles. The molecule has 1 aliphatic heterocycles. The molecule has 1 N–H and O–H groups in total. The predicted molar refractivity (Wildman–Crippen MR) is 95.3 cm³/mol. The lowest BCUT2D eigenvalue weighted by Crippen LogP contribution is -2.40. The number of benzene rings is 2. The summed E-state index contributed by atoms with van der Waals surface area (Å²) in [6, 6.07) is 6.84. The lowest BCUT2D eigenvalue weighted by atomic mass is 10.2. The van der Waals surface area contributed by atoms with Gasteiger partial charge in [0.25, 0.3) is 5.91 Å². The van der Waals surface area contributed by atoms with Crippen LogP contribution in [0.1, 0.15) is 10.4 Å². The molecular weight excluding hydrogens is 402 g/mol. The molecule has 6 nitrogen and oxygen atoms in total. The normalized spacial score (nSPS) is 15.5. The molecule has 3 rings (SSSR count). The van der Waals surface area contributed by atoms with Crippen molar-refractivity contribution in [3.05, 3.63) is 58.6 Å². The first-order valence-corrected chi connectivity index (χ1v) is 9.75. The smallest absolute Gasteiger partial charge is 0.261 e. The SMILES string of the molecule is O=C(Nc1ccc(Cl)c(S(=O)(=O)N2CCOCC2)c1)c1c(F)cccc1F. The number of halogens is 3. The van der Waals surface area contributed by atoms with Crippen molar-refractivity contribution in [1.29, 1.82) is 0 Å². The third-order valence-corrected chi connectivity index (χ3v) is 6.35. The van der Waals surface area contributed by atoms with Gasteiger partial charge >= 0.3 is 0 Å². The van der Waals surface area contributed by atoms with Crippen LogP contribution in [0.25, 0.3) is 0 Å². The standard InChI is InChI=1S/C17H15ClF2N2O4S/c18-12-5-4-11(21-17(23)16-13(19)2-1-3-14(16)20)10-15(12)27(24,25)22-6-8-26-9-7-22/h1-5,10H,6-9H2,(H,21,23). The van der Waals surface area contributed by atoms with Crippen molar-refractivity contribution >= 4 is 33.2 Å². The highest BCUT2D eigenvalue weighted by Crippen LogP contribution is 2.28. The molecule has 1 heterocycles. The van der Waals surface area contributed by atoms with E-state index in [1.165, 1.54) is 16.4 Å². The van der Waals surface area contributed by atoms with Crippen LogP contribution in [0, 0.1) is 11.6 Å². The molecule has 1 fully saturated rings. The van der Waals surface area contributed by atoms with Gasteiger partial charge in [0.2, 0.25) is 10.0 Å². The quantitative estimate of drug-likeness (QED) is 0.831. The summed E-state index contributed by atoms with van der Waals surface area (Å²) in [5.74, 6) is -3.09. The van der Waals surface area contributed by atoms with Gasteiger partial charge in [0.1, 0.15) is 22.1 Å². The molecule has 0 spiro atoms. The van der Waals surface area contributed by atoms with Gasteiger partial charge in [-0.2, -0.15) is 4.31 Å². The van der Waals surface area contributed by atoms with Crippen LogP contribution in [0.15, 0.2) is 41.3 Å². The van der Waals surface area contributed by atoms with Crippen LogP contribution in [0.4, 0.5) is 14.5 Å². The van der Waals surface area contributed by atoms with E-state index in [1.807, 2.05) is 0 Å². The third kappa shape index (κ3) is 4.11. The van der Waals surface area contributed by atoms with Crippen LogP contribution in [0.3, 0.4) is 0 Å². The van der Waals surface area contributed by atoms with E-state index in [0.29, 0.717) is 0 Å². The van der Waals surface area contributed by atoms with Gasteiger partial charge in [0.05, 0.1) is 18.2 Å². The molecule has 0 radical (unpaired) electrons. The van der Waals surface area contributed by atoms with Crippen molar-refractivity contribution in [3.8, 4) is 0 Å². The van der Waals surface area contributed by atoms with Gasteiger partial charge in [0, 0.05) is 18.8 Å². The number of ether oxygens (including phenoxy) is 1. The van der Waals surface area contributed by atoms with Crippen molar-refractivity contribution < 1.29 is 26.7 Å². The second-order valence-electron chi connectivity index (χ2n) is 5.71. The largest absolute Gasteiger partial charge is 0.379 e. The Hall–Kier alpha value is -2.07. The Morgan fingerprint density at radius 2 is 1.74 bits per heavy atom. The van der Waals surface area contributed by atoms with Crippen LogP contribution in [-0.4, -0.2) is 44.9 Å². The van der Waals surface area contributed by atoms with E-state index >= 15 is 0 Å². The first kappa shape index (κ1) is 19.7. The fourth-order valence-corrected chi connectivity index (χ4v) is 4.52. The molecule has 0 unspecified atom stereocenters. The second-order valence-corrected chi connectivity index (χ2v) is 8.03. The van der Waals surface area contributed by atoms with E-state index in [9.17, 15) is 22.0 Å². The average molecular weight is 417 g/mol. The molecule has 144 valence electrons. The summed E-state index contributed by atoms with van der Waals surface area (Å²) < 4.78 is 59.4. The number of carbonyl (C=O) groups is 1. The first-order valence-electron chi connectivity index (χ1n) is 7.93. The van der Waals surface area contributed by atoms with Crippen LogP contribution >= 0.6 is 11.6 Å². The van der Waals surface area contributed by atoms with Gasteiger partial charge in [-0.3, -0.25) is 4.79 Å². The molecule has 0 saturated carbocycles. The summed E-state index contributed by atoms with van der Waals surface area (Å²) >= 11 is 6.03. The summed E-state index contributed by atoms with van der Waals surface area (Å²) in [5, 5.41) is 2.27. The fraction of sp³-hybridized carbons (Fsp3) is 0.235. The molecule has 0 aliphatic carbocycles. The Labute approximate surface area is 159 Å². The number of rotatable bonds is 4. The Balaban J connectivity index is 1.90. The summed E-state index contributed by atoms with van der Waals surface area (Å²) in [6.45, 7) is 0.880. The zero-order valence-electron chi connectivity index (χ0n) is 13.9. The lowest BCUT2D eigenvalue weighted by molar-refractivity contribution is 0.0730. The van der Waals surface area contributed by atoms with Crippen molar-refractivity contribution in [3.63, 3.8) is 0 Å². The van der Waals surface area contributed by atoms with Gasteiger partial charge in [-0.25, -0.2) is 17.2 Å². The number of sulfonamides is 1. The fourth-order valence-electron chi connectivity index (χ4n) is 2.61. The number of nitrogens with zero attached hydrogens (tertiary/aromatic N) is 1. The number of hydrogen-bond acceptors (Lipinski definition) is 4. The maximum absolute atomic E-state index is 13.7. The van der Waals surface area contributed by atoms with Gasteiger partial charge < -0.3 is 10.1 Å². The van der Waals surface area contributed by atoms with Crippen LogP contribution in [-0.2, 0) is 14.8 Å². The molecule has 0 bridgehead atoms. The Kier molecular flexibility index (Phi) is 5.75. The molecule has 0 aromatic heterocycles. The van der Waals surface area contributed by atoms with Gasteiger partial charge in [-0.15, -0.1) is 0 Å². The number of morpholine rings is 1. The van der Waals surface area contributed by atoms with Crippen molar-refractivity contribution in [2.24, 2.45) is 0 Å². The Bertz CT molecular complexity index is 959. The minimum Gasteiger partial charge on any atom is -0.379 e. The summed E-state index contributed by atoms with van der Waals surface area (Å²) in [5.41, 5.74) is -0.719. The Morgan fingerprint density at radius 3 is 2.37 bits per heavy atom. The summed E-state index contributed by atoms with van der Waals surface area (Å²) in [4.78, 5) is 12.0. The first-order chi connectivity index (χ1) is 12.8. The second kappa shape index (κ2) is 7.89. The molecule has 10 heteroatoms. The number of nitrogens with one attached hydrogen (secondary N) is 1. The monoisotopic (exact) mass is 416 g/mol. The van der Waals surface area contributed by atoms with E-state index in [-0.39, 0.29) is 41.9 Å². The van der Waals surface area contributed by atoms with E-state index in [0.717, 1.165) is 24.3 Å². The summed E-state index contributed by atoms with van der Waals surface area (Å²) in [7, 11) is -3.91. The predicted octanol–water partition coefficient (Wildman–Crippen LogP) is 2.89. The van der Waals surface area contributed by atoms with Crippen molar-refractivity contribution in [1.82, 2.24) is 4.31 Å². The molecule has 2 aromatic rings. The van der Waals surface area contributed by atoms with Crippen LogP contribution in [0.2, 0.25) is 5.02 Å². The van der Waals surface area contributed by atoms with Crippen molar-refractivity contribution in [2.75, 3.05) is 31.6 Å². The van der Waals surface area contributed by atoms with E-state index in [1.54, 1.807) is 0 Å². The zero-order valence-corrected chi connectivity index (χ0v) is 15.5. The maximum Gasteiger partial charge on any atom is 0.261 e. The molecule has 1 saturated heterocycles. The van der Waals surface area contributed by atoms with Crippen molar-refractivity contribution in [2.45, 2.75) is 4.90 Å². The minimum absolute atomic E-state index is 0.0310. The topological polar surface area (TPSA) is 75.7 Å². The Morgan fingerprint density at radius 1 is 1.11 bits per heavy atom. The molecule has 0 atom stereocenters. The van der Waals surface area contributed by atoms with Gasteiger partial charge in [0.15, 0.2) is 0 Å². The number of hydrogen-bond donors (Lipinski definition) is 1. The highest BCUT2D eigenvalue weighted by atomic mass is 35.5. The highest BCUT2D eigenvalue weighted by molar-refractivity contribution is 7.89. The van der Waals surface area contributed by atoms with Crippen LogP contribution < -0.4 is 5.32 Å². The average Bonchev–Trinajstić information content (AvgIpc) is 2.64. The third-order valence-electron chi connectivity index (χ3n) is 3.97.